The van der Waals surface area contributed by atoms with Gasteiger partial charge >= 0.3 is 63.3 Å². The van der Waals surface area contributed by atoms with Crippen LogP contribution in [-0.2, 0) is 19.6 Å². The molecule has 9 heteroatoms. The second kappa shape index (κ2) is 19.1. The van der Waals surface area contributed by atoms with Gasteiger partial charge in [0.2, 0.25) is 0 Å². The van der Waals surface area contributed by atoms with E-state index >= 15 is 0 Å². The number of benzene rings is 1. The van der Waals surface area contributed by atoms with Crippen LogP contribution in [0.2, 0.25) is 0 Å². The number of ether oxygens (including phenoxy) is 2. The molecule has 0 bridgehead atoms. The molecule has 0 aromatic heterocycles. The summed E-state index contributed by atoms with van der Waals surface area (Å²) in [5, 5.41) is 0. The molecular weight excluding hydrogens is 459 g/mol. The van der Waals surface area contributed by atoms with Gasteiger partial charge in [0.25, 0.3) is 0 Å². The summed E-state index contributed by atoms with van der Waals surface area (Å²) in [7, 11) is -4.35. The van der Waals surface area contributed by atoms with Crippen molar-refractivity contribution in [2.75, 3.05) is 19.0 Å². The number of carbonyl (C=O) groups excluding carboxylic acids is 2. The first-order valence-electron chi connectivity index (χ1n) is 11.2. The fourth-order valence-electron chi connectivity index (χ4n) is 3.15. The third kappa shape index (κ3) is 15.5. The van der Waals surface area contributed by atoms with E-state index in [1.165, 1.54) is 57.1 Å². The van der Waals surface area contributed by atoms with Gasteiger partial charge in [0.1, 0.15) is 0 Å². The molecule has 1 aromatic rings. The summed E-state index contributed by atoms with van der Waals surface area (Å²) in [4.78, 5) is 24.5. The number of carbonyl (C=O) groups is 2. The molecule has 0 heterocycles. The van der Waals surface area contributed by atoms with Crippen LogP contribution in [0.1, 0.15) is 98.3 Å². The minimum atomic E-state index is -4.35. The molecular formula is C23H35KO7S. The molecule has 1 rings (SSSR count). The molecule has 0 aliphatic rings. The third-order valence-corrected chi connectivity index (χ3v) is 5.66. The number of rotatable bonds is 17. The van der Waals surface area contributed by atoms with Gasteiger partial charge in [-0.3, -0.25) is 0 Å². The Morgan fingerprint density at radius 2 is 1.16 bits per heavy atom. The normalized spacial score (nSPS) is 10.9. The molecule has 176 valence electrons. The SMILES string of the molecule is CCCCCCCCCCCCOC(=O)c1ccccc1C(=O)OCCCS(=O)(=O)[O-].[K+]. The molecule has 0 aliphatic heterocycles. The van der Waals surface area contributed by atoms with Gasteiger partial charge in [0.15, 0.2) is 0 Å². The quantitative estimate of drug-likeness (QED) is 0.141. The largest absolute Gasteiger partial charge is 1.00 e. The molecule has 32 heavy (non-hydrogen) atoms. The zero-order valence-corrected chi connectivity index (χ0v) is 23.4. The Labute approximate surface area is 235 Å². The number of hydrogen-bond donors (Lipinski definition) is 0. The van der Waals surface area contributed by atoms with Gasteiger partial charge in [-0.2, -0.15) is 0 Å². The van der Waals surface area contributed by atoms with Crippen molar-refractivity contribution in [1.29, 1.82) is 0 Å². The molecule has 0 saturated heterocycles. The van der Waals surface area contributed by atoms with Crippen molar-refractivity contribution in [3.05, 3.63) is 35.4 Å². The minimum absolute atomic E-state index is 0. The molecule has 0 atom stereocenters. The van der Waals surface area contributed by atoms with Gasteiger partial charge in [0, 0.05) is 5.75 Å². The van der Waals surface area contributed by atoms with E-state index in [2.05, 4.69) is 6.92 Å². The third-order valence-electron chi connectivity index (χ3n) is 4.87. The van der Waals surface area contributed by atoms with Crippen molar-refractivity contribution in [3.63, 3.8) is 0 Å². The Morgan fingerprint density at radius 3 is 1.59 bits per heavy atom. The molecule has 1 aromatic carbocycles. The van der Waals surface area contributed by atoms with Crippen molar-refractivity contribution in [3.8, 4) is 0 Å². The van der Waals surface area contributed by atoms with Gasteiger partial charge in [0.05, 0.1) is 34.5 Å². The predicted molar refractivity (Wildman–Crippen MR) is 118 cm³/mol. The first-order chi connectivity index (χ1) is 14.8. The van der Waals surface area contributed by atoms with E-state index in [0.29, 0.717) is 6.61 Å². The Morgan fingerprint density at radius 1 is 0.750 bits per heavy atom. The average Bonchev–Trinajstić information content (AvgIpc) is 2.74. The van der Waals surface area contributed by atoms with Crippen LogP contribution in [0.4, 0.5) is 0 Å². The average molecular weight is 495 g/mol. The van der Waals surface area contributed by atoms with Crippen molar-refractivity contribution >= 4 is 22.1 Å². The van der Waals surface area contributed by atoms with Crippen LogP contribution in [0.15, 0.2) is 24.3 Å². The molecule has 0 radical (unpaired) electrons. The molecule has 0 saturated carbocycles. The Kier molecular flexibility index (Phi) is 18.9. The van der Waals surface area contributed by atoms with Crippen LogP contribution < -0.4 is 51.4 Å². The minimum Gasteiger partial charge on any atom is -0.748 e. The summed E-state index contributed by atoms with van der Waals surface area (Å²) in [6, 6.07) is 6.15. The van der Waals surface area contributed by atoms with Crippen LogP contribution in [0.5, 0.6) is 0 Å². The topological polar surface area (TPSA) is 110 Å². The number of unbranched alkanes of at least 4 members (excludes halogenated alkanes) is 9. The monoisotopic (exact) mass is 494 g/mol. The van der Waals surface area contributed by atoms with Gasteiger partial charge in [-0.05, 0) is 25.0 Å². The second-order valence-corrected chi connectivity index (χ2v) is 9.14. The first kappa shape index (κ1) is 31.7. The van der Waals surface area contributed by atoms with E-state index in [9.17, 15) is 22.6 Å². The van der Waals surface area contributed by atoms with Gasteiger partial charge < -0.3 is 14.0 Å². The molecule has 0 unspecified atom stereocenters. The maximum Gasteiger partial charge on any atom is 1.00 e. The fraction of sp³-hybridized carbons (Fsp3) is 0.652. The van der Waals surface area contributed by atoms with Crippen molar-refractivity contribution < 1.29 is 83.4 Å². The summed E-state index contributed by atoms with van der Waals surface area (Å²) in [5.41, 5.74) is 0.163. The molecule has 0 spiro atoms. The summed E-state index contributed by atoms with van der Waals surface area (Å²) >= 11 is 0. The van der Waals surface area contributed by atoms with Crippen molar-refractivity contribution in [1.82, 2.24) is 0 Å². The van der Waals surface area contributed by atoms with Gasteiger partial charge in [-0.1, -0.05) is 76.8 Å². The standard InChI is InChI=1S/C23H36O7S.K/c1-2-3-4-5-6-7-8-9-10-13-17-29-22(24)20-15-11-12-16-21(20)23(25)30-18-14-19-31(26,27)28;/h11-12,15-16H,2-10,13-14,17-19H2,1H3,(H,26,27,28);/q;+1/p-1. The van der Waals surface area contributed by atoms with Gasteiger partial charge in [-0.25, -0.2) is 18.0 Å². The molecule has 0 fully saturated rings. The van der Waals surface area contributed by atoms with E-state index in [-0.39, 0.29) is 75.5 Å². The maximum absolute atomic E-state index is 12.3. The molecule has 7 nitrogen and oxygen atoms in total. The maximum atomic E-state index is 12.3. The molecule has 0 aliphatic carbocycles. The van der Waals surface area contributed by atoms with Crippen molar-refractivity contribution in [2.45, 2.75) is 77.6 Å². The Bertz CT molecular complexity index is 765. The van der Waals surface area contributed by atoms with Crippen LogP contribution >= 0.6 is 0 Å². The van der Waals surface area contributed by atoms with E-state index in [1.807, 2.05) is 0 Å². The van der Waals surface area contributed by atoms with Crippen LogP contribution in [0, 0.1) is 0 Å². The summed E-state index contributed by atoms with van der Waals surface area (Å²) in [6.07, 6.45) is 11.7. The van der Waals surface area contributed by atoms with Crippen LogP contribution in [0.3, 0.4) is 0 Å². The zero-order valence-electron chi connectivity index (χ0n) is 19.5. The number of esters is 2. The summed E-state index contributed by atoms with van der Waals surface area (Å²) in [6.45, 7) is 2.29. The second-order valence-electron chi connectivity index (χ2n) is 7.61. The Balaban J connectivity index is 0.00000961. The fourth-order valence-corrected chi connectivity index (χ4v) is 3.62. The first-order valence-corrected chi connectivity index (χ1v) is 12.8. The van der Waals surface area contributed by atoms with E-state index < -0.39 is 27.8 Å². The van der Waals surface area contributed by atoms with Crippen LogP contribution in [0.25, 0.3) is 0 Å². The van der Waals surface area contributed by atoms with E-state index in [1.54, 1.807) is 12.1 Å². The molecule has 0 N–H and O–H groups in total. The summed E-state index contributed by atoms with van der Waals surface area (Å²) in [5.74, 6) is -1.96. The Hall–Kier alpha value is -0.294. The number of hydrogen-bond acceptors (Lipinski definition) is 7. The van der Waals surface area contributed by atoms with Crippen LogP contribution in [-0.4, -0.2) is 43.9 Å². The predicted octanol–water partition coefficient (Wildman–Crippen LogP) is 1.86. The van der Waals surface area contributed by atoms with E-state index in [4.69, 9.17) is 9.47 Å². The summed E-state index contributed by atoms with van der Waals surface area (Å²) < 4.78 is 42.0. The van der Waals surface area contributed by atoms with Crippen molar-refractivity contribution in [2.24, 2.45) is 0 Å². The molecule has 0 amide bonds. The van der Waals surface area contributed by atoms with Gasteiger partial charge in [-0.15, -0.1) is 0 Å². The van der Waals surface area contributed by atoms with E-state index in [0.717, 1.165) is 19.3 Å². The smallest absolute Gasteiger partial charge is 0.748 e. The zero-order chi connectivity index (χ0) is 23.0.